The van der Waals surface area contributed by atoms with Crippen molar-refractivity contribution in [3.63, 3.8) is 0 Å². The molecule has 2 rings (SSSR count). The second-order valence-corrected chi connectivity index (χ2v) is 7.48. The molecule has 0 spiro atoms. The van der Waals surface area contributed by atoms with Crippen LogP contribution in [-0.4, -0.2) is 19.5 Å². The molecule has 0 aliphatic rings. The van der Waals surface area contributed by atoms with Crippen molar-refractivity contribution >= 4 is 47.9 Å². The van der Waals surface area contributed by atoms with E-state index >= 15 is 0 Å². The number of aromatic carboxylic acids is 1. The van der Waals surface area contributed by atoms with Crippen LogP contribution in [0.3, 0.4) is 0 Å². The van der Waals surface area contributed by atoms with E-state index in [1.807, 2.05) is 0 Å². The highest BCUT2D eigenvalue weighted by molar-refractivity contribution is 9.11. The predicted octanol–water partition coefficient (Wildman–Crippen LogP) is 2.98. The lowest BCUT2D eigenvalue weighted by Crippen LogP contribution is -2.23. The Balaban J connectivity index is 2.17. The van der Waals surface area contributed by atoms with Gasteiger partial charge in [-0.15, -0.1) is 0 Å². The van der Waals surface area contributed by atoms with E-state index < -0.39 is 16.0 Å². The maximum absolute atomic E-state index is 12.2. The second-order valence-electron chi connectivity index (χ2n) is 3.97. The van der Waals surface area contributed by atoms with Gasteiger partial charge in [0.2, 0.25) is 15.8 Å². The van der Waals surface area contributed by atoms with E-state index in [-0.39, 0.29) is 23.0 Å². The number of carboxylic acids is 1. The summed E-state index contributed by atoms with van der Waals surface area (Å²) in [5, 5.41) is 8.73. The van der Waals surface area contributed by atoms with Crippen LogP contribution in [0.25, 0.3) is 0 Å². The highest BCUT2D eigenvalue weighted by atomic mass is 79.9. The molecule has 1 aromatic heterocycles. The summed E-state index contributed by atoms with van der Waals surface area (Å²) in [5.41, 5.74) is 0. The Morgan fingerprint density at radius 3 is 2.57 bits per heavy atom. The summed E-state index contributed by atoms with van der Waals surface area (Å²) in [6.07, 6.45) is 0. The van der Waals surface area contributed by atoms with Crippen LogP contribution < -0.4 is 4.72 Å². The Kier molecular flexibility index (Phi) is 4.87. The molecule has 0 bridgehead atoms. The Morgan fingerprint density at radius 1 is 1.24 bits per heavy atom. The smallest absolute Gasteiger partial charge is 0.371 e. The van der Waals surface area contributed by atoms with E-state index in [9.17, 15) is 13.2 Å². The van der Waals surface area contributed by atoms with Crippen LogP contribution in [0.5, 0.6) is 0 Å². The standard InChI is InChI=1S/C12H9Br2NO5S/c13-7-1-3-9(14)11(5-7)21(18,19)15-6-8-2-4-10(20-8)12(16)17/h1-5,15H,6H2,(H,16,17). The average Bonchev–Trinajstić information content (AvgIpc) is 2.88. The number of hydrogen-bond donors (Lipinski definition) is 2. The number of carboxylic acid groups (broad SMARTS) is 1. The molecule has 6 nitrogen and oxygen atoms in total. The van der Waals surface area contributed by atoms with Crippen molar-refractivity contribution in [2.75, 3.05) is 0 Å². The molecular formula is C12H9Br2NO5S. The van der Waals surface area contributed by atoms with Gasteiger partial charge in [-0.25, -0.2) is 17.9 Å². The first-order chi connectivity index (χ1) is 9.79. The SMILES string of the molecule is O=C(O)c1ccc(CNS(=O)(=O)c2cc(Br)ccc2Br)o1. The average molecular weight is 439 g/mol. The van der Waals surface area contributed by atoms with Crippen LogP contribution in [0.1, 0.15) is 16.3 Å². The van der Waals surface area contributed by atoms with Crippen molar-refractivity contribution in [3.05, 3.63) is 50.8 Å². The van der Waals surface area contributed by atoms with Gasteiger partial charge in [-0.3, -0.25) is 0 Å². The molecule has 0 saturated heterocycles. The number of benzene rings is 1. The number of rotatable bonds is 5. The minimum absolute atomic E-state index is 0.0712. The molecule has 0 atom stereocenters. The lowest BCUT2D eigenvalue weighted by atomic mass is 10.4. The minimum Gasteiger partial charge on any atom is -0.475 e. The zero-order valence-electron chi connectivity index (χ0n) is 10.3. The summed E-state index contributed by atoms with van der Waals surface area (Å²) < 4.78 is 32.8. The number of carbonyl (C=O) groups is 1. The Labute approximate surface area is 137 Å². The zero-order valence-corrected chi connectivity index (χ0v) is 14.3. The third kappa shape index (κ3) is 3.94. The molecule has 112 valence electrons. The third-order valence-electron chi connectivity index (χ3n) is 2.49. The molecule has 0 fully saturated rings. The van der Waals surface area contributed by atoms with Crippen LogP contribution in [0.2, 0.25) is 0 Å². The summed E-state index contributed by atoms with van der Waals surface area (Å²) >= 11 is 6.38. The summed E-state index contributed by atoms with van der Waals surface area (Å²) in [6.45, 7) is -0.144. The van der Waals surface area contributed by atoms with Gasteiger partial charge in [0.1, 0.15) is 5.76 Å². The fraction of sp³-hybridized carbons (Fsp3) is 0.0833. The molecule has 0 saturated carbocycles. The lowest BCUT2D eigenvalue weighted by molar-refractivity contribution is 0.0660. The first-order valence-electron chi connectivity index (χ1n) is 5.56. The van der Waals surface area contributed by atoms with E-state index in [2.05, 4.69) is 36.6 Å². The largest absolute Gasteiger partial charge is 0.475 e. The molecule has 2 aromatic rings. The molecule has 0 radical (unpaired) electrons. The summed E-state index contributed by atoms with van der Waals surface area (Å²) in [5.74, 6) is -1.24. The summed E-state index contributed by atoms with van der Waals surface area (Å²) in [4.78, 5) is 10.7. The quantitative estimate of drug-likeness (QED) is 0.747. The van der Waals surface area contributed by atoms with E-state index in [0.29, 0.717) is 8.95 Å². The van der Waals surface area contributed by atoms with Crippen molar-refractivity contribution in [1.82, 2.24) is 4.72 Å². The maximum atomic E-state index is 12.2. The molecule has 1 heterocycles. The van der Waals surface area contributed by atoms with Crippen molar-refractivity contribution in [2.45, 2.75) is 11.4 Å². The van der Waals surface area contributed by atoms with Crippen molar-refractivity contribution in [1.29, 1.82) is 0 Å². The van der Waals surface area contributed by atoms with Crippen molar-refractivity contribution < 1.29 is 22.7 Å². The Bertz CT molecular complexity index is 785. The minimum atomic E-state index is -3.76. The van der Waals surface area contributed by atoms with Crippen LogP contribution in [0.15, 0.2) is 48.6 Å². The van der Waals surface area contributed by atoms with Gasteiger partial charge in [-0.2, -0.15) is 0 Å². The Morgan fingerprint density at radius 2 is 1.95 bits per heavy atom. The predicted molar refractivity (Wildman–Crippen MR) is 81.5 cm³/mol. The van der Waals surface area contributed by atoms with Gasteiger partial charge in [0.05, 0.1) is 11.4 Å². The molecule has 2 N–H and O–H groups in total. The molecule has 9 heteroatoms. The number of hydrogen-bond acceptors (Lipinski definition) is 4. The van der Waals surface area contributed by atoms with Gasteiger partial charge in [-0.05, 0) is 46.3 Å². The molecule has 0 unspecified atom stereocenters. The molecule has 21 heavy (non-hydrogen) atoms. The first-order valence-corrected chi connectivity index (χ1v) is 8.63. The summed E-state index contributed by atoms with van der Waals surface area (Å²) in [7, 11) is -3.76. The van der Waals surface area contributed by atoms with Crippen LogP contribution in [-0.2, 0) is 16.6 Å². The van der Waals surface area contributed by atoms with E-state index in [1.54, 1.807) is 12.1 Å². The topological polar surface area (TPSA) is 96.6 Å². The number of sulfonamides is 1. The van der Waals surface area contributed by atoms with Crippen LogP contribution >= 0.6 is 31.9 Å². The van der Waals surface area contributed by atoms with Crippen LogP contribution in [0, 0.1) is 0 Å². The monoisotopic (exact) mass is 437 g/mol. The molecular weight excluding hydrogens is 430 g/mol. The molecule has 0 aliphatic carbocycles. The van der Waals surface area contributed by atoms with E-state index in [1.165, 1.54) is 18.2 Å². The fourth-order valence-electron chi connectivity index (χ4n) is 1.51. The number of halogens is 2. The van der Waals surface area contributed by atoms with E-state index in [0.717, 1.165) is 0 Å². The number of nitrogens with one attached hydrogen (secondary N) is 1. The zero-order chi connectivity index (χ0) is 15.6. The Hall–Kier alpha value is -1.16. The molecule has 0 aliphatic heterocycles. The highest BCUT2D eigenvalue weighted by Crippen LogP contribution is 2.25. The fourth-order valence-corrected chi connectivity index (χ4v) is 4.01. The van der Waals surface area contributed by atoms with Gasteiger partial charge in [0.15, 0.2) is 0 Å². The number of furan rings is 1. The van der Waals surface area contributed by atoms with Gasteiger partial charge >= 0.3 is 5.97 Å². The van der Waals surface area contributed by atoms with Gasteiger partial charge in [0.25, 0.3) is 0 Å². The van der Waals surface area contributed by atoms with Gasteiger partial charge in [-0.1, -0.05) is 15.9 Å². The highest BCUT2D eigenvalue weighted by Gasteiger charge is 2.19. The van der Waals surface area contributed by atoms with Gasteiger partial charge < -0.3 is 9.52 Å². The summed E-state index contributed by atoms with van der Waals surface area (Å²) in [6, 6.07) is 7.43. The molecule has 1 aromatic carbocycles. The third-order valence-corrected chi connectivity index (χ3v) is 5.38. The maximum Gasteiger partial charge on any atom is 0.371 e. The van der Waals surface area contributed by atoms with Crippen molar-refractivity contribution in [2.24, 2.45) is 0 Å². The van der Waals surface area contributed by atoms with Gasteiger partial charge in [0, 0.05) is 8.95 Å². The molecule has 0 amide bonds. The van der Waals surface area contributed by atoms with Crippen molar-refractivity contribution in [3.8, 4) is 0 Å². The van der Waals surface area contributed by atoms with Crippen LogP contribution in [0.4, 0.5) is 0 Å². The second kappa shape index (κ2) is 6.30. The van der Waals surface area contributed by atoms with E-state index in [4.69, 9.17) is 9.52 Å². The first kappa shape index (κ1) is 16.2. The normalized spacial score (nSPS) is 11.5. The lowest BCUT2D eigenvalue weighted by Gasteiger charge is -2.07.